The van der Waals surface area contributed by atoms with Gasteiger partial charge in [0.25, 0.3) is 5.91 Å². The number of rotatable bonds is 3. The lowest BCUT2D eigenvalue weighted by molar-refractivity contribution is 0.0585. The van der Waals surface area contributed by atoms with Crippen LogP contribution in [0.25, 0.3) is 10.9 Å². The first kappa shape index (κ1) is 16.5. The van der Waals surface area contributed by atoms with Gasteiger partial charge in [-0.1, -0.05) is 11.6 Å². The Bertz CT molecular complexity index is 810. The molecule has 2 aliphatic rings. The van der Waals surface area contributed by atoms with Crippen molar-refractivity contribution in [2.24, 2.45) is 5.73 Å². The van der Waals surface area contributed by atoms with E-state index in [0.717, 1.165) is 53.5 Å². The minimum atomic E-state index is 0.00184. The van der Waals surface area contributed by atoms with Crippen molar-refractivity contribution < 1.29 is 4.79 Å². The highest BCUT2D eigenvalue weighted by Crippen LogP contribution is 2.40. The van der Waals surface area contributed by atoms with Crippen molar-refractivity contribution in [3.63, 3.8) is 0 Å². The van der Waals surface area contributed by atoms with Gasteiger partial charge in [-0.15, -0.1) is 0 Å². The van der Waals surface area contributed by atoms with E-state index in [1.54, 1.807) is 0 Å². The first-order valence-electron chi connectivity index (χ1n) is 9.52. The van der Waals surface area contributed by atoms with Crippen molar-refractivity contribution in [2.45, 2.75) is 64.0 Å². The first-order chi connectivity index (χ1) is 12.0. The predicted octanol–water partition coefficient (Wildman–Crippen LogP) is 3.76. The predicted molar refractivity (Wildman–Crippen MR) is 101 cm³/mol. The van der Waals surface area contributed by atoms with Crippen LogP contribution >= 0.6 is 0 Å². The summed E-state index contributed by atoms with van der Waals surface area (Å²) in [5.41, 5.74) is 10.2. The standard InChI is InChI=1S/C21H27N3O/c1-13-6-9-18-16(11-13)17(12-19(23-18)15-7-8-15)21(25)24-10-4-3-5-20(24)14(2)22/h6,9,11-12,14-15,20H,3-5,7-8,10,22H2,1-2H3. The zero-order valence-corrected chi connectivity index (χ0v) is 15.2. The van der Waals surface area contributed by atoms with Gasteiger partial charge in [-0.25, -0.2) is 0 Å². The van der Waals surface area contributed by atoms with Crippen LogP contribution in [0.15, 0.2) is 24.3 Å². The number of aryl methyl sites for hydroxylation is 1. The van der Waals surface area contributed by atoms with Crippen LogP contribution in [0.1, 0.15) is 66.6 Å². The number of likely N-dealkylation sites (tertiary alicyclic amines) is 1. The monoisotopic (exact) mass is 337 g/mol. The molecule has 0 spiro atoms. The first-order valence-corrected chi connectivity index (χ1v) is 9.52. The summed E-state index contributed by atoms with van der Waals surface area (Å²) < 4.78 is 0. The van der Waals surface area contributed by atoms with Crippen LogP contribution < -0.4 is 5.73 Å². The summed E-state index contributed by atoms with van der Waals surface area (Å²) in [6.07, 6.45) is 5.58. The summed E-state index contributed by atoms with van der Waals surface area (Å²) in [4.78, 5) is 20.3. The van der Waals surface area contributed by atoms with Crippen LogP contribution in [0.5, 0.6) is 0 Å². The number of hydrogen-bond acceptors (Lipinski definition) is 3. The van der Waals surface area contributed by atoms with E-state index in [2.05, 4.69) is 25.1 Å². The molecule has 1 amide bonds. The fourth-order valence-corrected chi connectivity index (χ4v) is 4.04. The molecule has 2 N–H and O–H groups in total. The molecule has 2 fully saturated rings. The molecule has 25 heavy (non-hydrogen) atoms. The Morgan fingerprint density at radius 2 is 2.04 bits per heavy atom. The molecule has 0 radical (unpaired) electrons. The summed E-state index contributed by atoms with van der Waals surface area (Å²) in [5, 5.41) is 0.975. The molecule has 1 aromatic heterocycles. The van der Waals surface area contributed by atoms with Gasteiger partial charge in [0.15, 0.2) is 0 Å². The third-order valence-corrected chi connectivity index (χ3v) is 5.63. The van der Waals surface area contributed by atoms with Crippen molar-refractivity contribution in [1.29, 1.82) is 0 Å². The second kappa shape index (κ2) is 6.41. The van der Waals surface area contributed by atoms with Gasteiger partial charge in [0.1, 0.15) is 0 Å². The Morgan fingerprint density at radius 3 is 2.76 bits per heavy atom. The fourth-order valence-electron chi connectivity index (χ4n) is 4.04. The lowest BCUT2D eigenvalue weighted by Gasteiger charge is -2.38. The quantitative estimate of drug-likeness (QED) is 0.927. The fraction of sp³-hybridized carbons (Fsp3) is 0.524. The van der Waals surface area contributed by atoms with Gasteiger partial charge in [-0.2, -0.15) is 0 Å². The van der Waals surface area contributed by atoms with Crippen molar-refractivity contribution in [3.05, 3.63) is 41.1 Å². The van der Waals surface area contributed by atoms with E-state index < -0.39 is 0 Å². The van der Waals surface area contributed by atoms with Gasteiger partial charge >= 0.3 is 0 Å². The summed E-state index contributed by atoms with van der Waals surface area (Å²) in [6.45, 7) is 4.88. The molecular formula is C21H27N3O. The van der Waals surface area contributed by atoms with Crippen molar-refractivity contribution in [3.8, 4) is 0 Å². The minimum Gasteiger partial charge on any atom is -0.334 e. The van der Waals surface area contributed by atoms with E-state index in [1.165, 1.54) is 12.8 Å². The number of pyridine rings is 1. The average Bonchev–Trinajstić information content (AvgIpc) is 3.45. The number of piperidine rings is 1. The van der Waals surface area contributed by atoms with Crippen LogP contribution in [0.2, 0.25) is 0 Å². The number of nitrogens with zero attached hydrogens (tertiary/aromatic N) is 2. The van der Waals surface area contributed by atoms with E-state index in [0.29, 0.717) is 5.92 Å². The van der Waals surface area contributed by atoms with E-state index in [-0.39, 0.29) is 18.0 Å². The number of amides is 1. The summed E-state index contributed by atoms with van der Waals surface area (Å²) in [5.74, 6) is 0.657. The number of fused-ring (bicyclic) bond motifs is 1. The molecule has 2 unspecified atom stereocenters. The molecule has 1 aliphatic heterocycles. The molecule has 1 saturated heterocycles. The van der Waals surface area contributed by atoms with Gasteiger partial charge in [0, 0.05) is 35.6 Å². The molecule has 4 heteroatoms. The molecule has 1 aliphatic carbocycles. The minimum absolute atomic E-state index is 0.00184. The number of nitrogens with two attached hydrogens (primary N) is 1. The lowest BCUT2D eigenvalue weighted by atomic mass is 9.95. The molecule has 2 atom stereocenters. The Kier molecular flexibility index (Phi) is 4.24. The molecule has 4 rings (SSSR count). The van der Waals surface area contributed by atoms with Crippen molar-refractivity contribution in [1.82, 2.24) is 9.88 Å². The molecule has 2 aromatic rings. The van der Waals surface area contributed by atoms with Gasteiger partial charge in [0.2, 0.25) is 0 Å². The number of benzene rings is 1. The SMILES string of the molecule is Cc1ccc2nc(C3CC3)cc(C(=O)N3CCCCC3C(C)N)c2c1. The highest BCUT2D eigenvalue weighted by Gasteiger charge is 2.32. The molecule has 0 bridgehead atoms. The smallest absolute Gasteiger partial charge is 0.254 e. The number of hydrogen-bond donors (Lipinski definition) is 1. The third kappa shape index (κ3) is 3.15. The topological polar surface area (TPSA) is 59.2 Å². The zero-order chi connectivity index (χ0) is 17.6. The van der Waals surface area contributed by atoms with Crippen molar-refractivity contribution in [2.75, 3.05) is 6.54 Å². The van der Waals surface area contributed by atoms with Crippen LogP contribution in [0, 0.1) is 6.92 Å². The van der Waals surface area contributed by atoms with E-state index >= 15 is 0 Å². The highest BCUT2D eigenvalue weighted by atomic mass is 16.2. The third-order valence-electron chi connectivity index (χ3n) is 5.63. The van der Waals surface area contributed by atoms with E-state index in [1.807, 2.05) is 17.9 Å². The Labute approximate surface area is 149 Å². The van der Waals surface area contributed by atoms with Crippen LogP contribution in [-0.4, -0.2) is 34.4 Å². The Balaban J connectivity index is 1.80. The van der Waals surface area contributed by atoms with Crippen LogP contribution in [0.3, 0.4) is 0 Å². The summed E-state index contributed by atoms with van der Waals surface area (Å²) in [7, 11) is 0. The largest absolute Gasteiger partial charge is 0.334 e. The molecular weight excluding hydrogens is 310 g/mol. The Hall–Kier alpha value is -1.94. The second-order valence-corrected chi connectivity index (χ2v) is 7.81. The normalized spacial score (nSPS) is 22.2. The maximum Gasteiger partial charge on any atom is 0.254 e. The Morgan fingerprint density at radius 1 is 1.24 bits per heavy atom. The number of carbonyl (C=O) groups is 1. The van der Waals surface area contributed by atoms with Crippen LogP contribution in [0.4, 0.5) is 0 Å². The molecule has 1 saturated carbocycles. The summed E-state index contributed by atoms with van der Waals surface area (Å²) >= 11 is 0. The molecule has 132 valence electrons. The maximum atomic E-state index is 13.5. The van der Waals surface area contributed by atoms with Crippen molar-refractivity contribution >= 4 is 16.8 Å². The van der Waals surface area contributed by atoms with Gasteiger partial charge in [-0.05, 0) is 64.2 Å². The van der Waals surface area contributed by atoms with Crippen LogP contribution in [-0.2, 0) is 0 Å². The highest BCUT2D eigenvalue weighted by molar-refractivity contribution is 6.06. The summed E-state index contributed by atoms with van der Waals surface area (Å²) in [6, 6.07) is 8.41. The van der Waals surface area contributed by atoms with E-state index in [9.17, 15) is 4.79 Å². The number of carbonyl (C=O) groups excluding carboxylic acids is 1. The van der Waals surface area contributed by atoms with Gasteiger partial charge in [0.05, 0.1) is 11.1 Å². The lowest BCUT2D eigenvalue weighted by Crippen LogP contribution is -2.51. The maximum absolute atomic E-state index is 13.5. The zero-order valence-electron chi connectivity index (χ0n) is 15.2. The average molecular weight is 337 g/mol. The molecule has 2 heterocycles. The second-order valence-electron chi connectivity index (χ2n) is 7.81. The number of aromatic nitrogens is 1. The van der Waals surface area contributed by atoms with Gasteiger partial charge < -0.3 is 10.6 Å². The molecule has 4 nitrogen and oxygen atoms in total. The van der Waals surface area contributed by atoms with E-state index in [4.69, 9.17) is 10.7 Å². The molecule has 1 aromatic carbocycles. The van der Waals surface area contributed by atoms with Gasteiger partial charge in [-0.3, -0.25) is 9.78 Å².